The Hall–Kier alpha value is -1.68. The molecular weight excluding hydrogens is 252 g/mol. The number of fused-ring (bicyclic) bond motifs is 1. The van der Waals surface area contributed by atoms with E-state index in [0.717, 1.165) is 33.9 Å². The molecule has 4 nitrogen and oxygen atoms in total. The predicted molar refractivity (Wildman–Crippen MR) is 69.1 cm³/mol. The molecule has 0 saturated heterocycles. The van der Waals surface area contributed by atoms with Gasteiger partial charge in [0.15, 0.2) is 11.5 Å². The maximum Gasteiger partial charge on any atom is 0.231 e. The van der Waals surface area contributed by atoms with E-state index in [1.807, 2.05) is 37.0 Å². The van der Waals surface area contributed by atoms with E-state index in [1.165, 1.54) is 0 Å². The average molecular weight is 265 g/mol. The first-order valence-corrected chi connectivity index (χ1v) is 6.21. The van der Waals surface area contributed by atoms with Crippen molar-refractivity contribution >= 4 is 11.6 Å². The third-order valence-electron chi connectivity index (χ3n) is 3.21. The molecule has 0 saturated carbocycles. The molecule has 1 aliphatic heterocycles. The van der Waals surface area contributed by atoms with Gasteiger partial charge in [0.2, 0.25) is 6.79 Å². The maximum atomic E-state index is 5.92. The summed E-state index contributed by atoms with van der Waals surface area (Å²) in [7, 11) is 1.92. The molecule has 18 heavy (non-hydrogen) atoms. The molecule has 0 spiro atoms. The Labute approximate surface area is 110 Å². The van der Waals surface area contributed by atoms with Crippen molar-refractivity contribution in [3.63, 3.8) is 0 Å². The van der Waals surface area contributed by atoms with E-state index in [1.54, 1.807) is 0 Å². The summed E-state index contributed by atoms with van der Waals surface area (Å²) >= 11 is 5.92. The molecular formula is C13H13ClN2O2. The second-order valence-corrected chi connectivity index (χ2v) is 4.55. The van der Waals surface area contributed by atoms with Crippen molar-refractivity contribution in [1.82, 2.24) is 9.78 Å². The lowest BCUT2D eigenvalue weighted by Crippen LogP contribution is -1.94. The van der Waals surface area contributed by atoms with Crippen LogP contribution in [0, 0.1) is 6.92 Å². The maximum absolute atomic E-state index is 5.92. The highest BCUT2D eigenvalue weighted by Gasteiger charge is 2.22. The van der Waals surface area contributed by atoms with Crippen LogP contribution in [-0.4, -0.2) is 16.6 Å². The van der Waals surface area contributed by atoms with Crippen molar-refractivity contribution < 1.29 is 9.47 Å². The Bertz CT molecular complexity index is 607. The summed E-state index contributed by atoms with van der Waals surface area (Å²) in [5.74, 6) is 1.98. The van der Waals surface area contributed by atoms with E-state index in [9.17, 15) is 0 Å². The number of aryl methyl sites for hydroxylation is 1. The van der Waals surface area contributed by atoms with E-state index in [-0.39, 0.29) is 6.79 Å². The minimum absolute atomic E-state index is 0.257. The van der Waals surface area contributed by atoms with Gasteiger partial charge in [-0.2, -0.15) is 5.10 Å². The fraction of sp³-hybridized carbons (Fsp3) is 0.308. The Morgan fingerprint density at radius 3 is 2.83 bits per heavy atom. The zero-order chi connectivity index (χ0) is 12.7. The lowest BCUT2D eigenvalue weighted by molar-refractivity contribution is 0.174. The first-order valence-electron chi connectivity index (χ1n) is 5.68. The molecule has 1 aromatic heterocycles. The number of rotatable bonds is 2. The number of ether oxygens (including phenoxy) is 2. The number of halogens is 1. The van der Waals surface area contributed by atoms with Gasteiger partial charge in [0, 0.05) is 29.7 Å². The molecule has 2 aromatic rings. The zero-order valence-electron chi connectivity index (χ0n) is 10.2. The molecule has 0 bridgehead atoms. The standard InChI is InChI=1S/C13H13ClN2O2/c1-8-11(6-15-16(8)2)10-3-9(5-14)4-12-13(10)18-7-17-12/h3-4,6H,5,7H2,1-2H3. The van der Waals surface area contributed by atoms with Crippen molar-refractivity contribution in [2.24, 2.45) is 7.05 Å². The molecule has 2 heterocycles. The minimum atomic E-state index is 0.257. The van der Waals surface area contributed by atoms with Crippen LogP contribution in [0.25, 0.3) is 11.1 Å². The average Bonchev–Trinajstić information content (AvgIpc) is 2.97. The van der Waals surface area contributed by atoms with Crippen LogP contribution in [0.3, 0.4) is 0 Å². The lowest BCUT2D eigenvalue weighted by atomic mass is 10.0. The van der Waals surface area contributed by atoms with Crippen LogP contribution in [0.15, 0.2) is 18.3 Å². The summed E-state index contributed by atoms with van der Waals surface area (Å²) in [6.45, 7) is 2.28. The van der Waals surface area contributed by atoms with Crippen LogP contribution in [0.2, 0.25) is 0 Å². The Morgan fingerprint density at radius 1 is 1.33 bits per heavy atom. The molecule has 0 amide bonds. The topological polar surface area (TPSA) is 36.3 Å². The largest absolute Gasteiger partial charge is 0.454 e. The van der Waals surface area contributed by atoms with Crippen LogP contribution in [0.1, 0.15) is 11.3 Å². The van der Waals surface area contributed by atoms with Gasteiger partial charge in [-0.15, -0.1) is 11.6 Å². The third kappa shape index (κ3) is 1.64. The quantitative estimate of drug-likeness (QED) is 0.783. The van der Waals surface area contributed by atoms with E-state index in [0.29, 0.717) is 5.88 Å². The van der Waals surface area contributed by atoms with Gasteiger partial charge < -0.3 is 9.47 Å². The monoisotopic (exact) mass is 264 g/mol. The van der Waals surface area contributed by atoms with E-state index in [4.69, 9.17) is 21.1 Å². The van der Waals surface area contributed by atoms with Crippen LogP contribution in [-0.2, 0) is 12.9 Å². The second-order valence-electron chi connectivity index (χ2n) is 4.28. The fourth-order valence-electron chi connectivity index (χ4n) is 2.11. The second kappa shape index (κ2) is 4.21. The smallest absolute Gasteiger partial charge is 0.231 e. The van der Waals surface area contributed by atoms with Crippen molar-refractivity contribution in [2.45, 2.75) is 12.8 Å². The Kier molecular flexibility index (Phi) is 2.67. The van der Waals surface area contributed by atoms with Gasteiger partial charge in [-0.1, -0.05) is 0 Å². The van der Waals surface area contributed by atoms with Crippen molar-refractivity contribution in [1.29, 1.82) is 0 Å². The molecule has 0 N–H and O–H groups in total. The number of aromatic nitrogens is 2. The molecule has 5 heteroatoms. The van der Waals surface area contributed by atoms with Crippen LogP contribution >= 0.6 is 11.6 Å². The summed E-state index contributed by atoms with van der Waals surface area (Å²) < 4.78 is 12.8. The highest BCUT2D eigenvalue weighted by molar-refractivity contribution is 6.17. The van der Waals surface area contributed by atoms with Crippen LogP contribution in [0.4, 0.5) is 0 Å². The lowest BCUT2D eigenvalue weighted by Gasteiger charge is -2.08. The normalized spacial score (nSPS) is 13.1. The van der Waals surface area contributed by atoms with Gasteiger partial charge in [-0.05, 0) is 24.6 Å². The molecule has 0 atom stereocenters. The molecule has 3 rings (SSSR count). The summed E-state index contributed by atoms with van der Waals surface area (Å²) in [4.78, 5) is 0. The third-order valence-corrected chi connectivity index (χ3v) is 3.52. The van der Waals surface area contributed by atoms with E-state index >= 15 is 0 Å². The van der Waals surface area contributed by atoms with Gasteiger partial charge in [-0.25, -0.2) is 0 Å². The number of hydrogen-bond acceptors (Lipinski definition) is 3. The molecule has 94 valence electrons. The van der Waals surface area contributed by atoms with Gasteiger partial charge in [0.1, 0.15) is 0 Å². The van der Waals surface area contributed by atoms with Gasteiger partial charge in [-0.3, -0.25) is 4.68 Å². The van der Waals surface area contributed by atoms with Crippen molar-refractivity contribution in [3.8, 4) is 22.6 Å². The highest BCUT2D eigenvalue weighted by atomic mass is 35.5. The summed E-state index contributed by atoms with van der Waals surface area (Å²) in [6, 6.07) is 3.95. The molecule has 1 aliphatic rings. The first kappa shape index (κ1) is 11.4. The predicted octanol–water partition coefficient (Wildman–Crippen LogP) is 2.86. The number of hydrogen-bond donors (Lipinski definition) is 0. The number of benzene rings is 1. The molecule has 0 fully saturated rings. The highest BCUT2D eigenvalue weighted by Crippen LogP contribution is 2.43. The van der Waals surface area contributed by atoms with Crippen molar-refractivity contribution in [3.05, 3.63) is 29.6 Å². The summed E-state index contributed by atoms with van der Waals surface area (Å²) in [5.41, 5.74) is 4.14. The molecule has 0 radical (unpaired) electrons. The van der Waals surface area contributed by atoms with Crippen LogP contribution in [0.5, 0.6) is 11.5 Å². The minimum Gasteiger partial charge on any atom is -0.454 e. The summed E-state index contributed by atoms with van der Waals surface area (Å²) in [5, 5.41) is 4.26. The first-order chi connectivity index (χ1) is 8.70. The van der Waals surface area contributed by atoms with Gasteiger partial charge in [0.25, 0.3) is 0 Å². The Balaban J connectivity index is 2.22. The number of alkyl halides is 1. The van der Waals surface area contributed by atoms with Crippen molar-refractivity contribution in [2.75, 3.05) is 6.79 Å². The molecule has 0 aliphatic carbocycles. The number of nitrogens with zero attached hydrogens (tertiary/aromatic N) is 2. The Morgan fingerprint density at radius 2 is 2.17 bits per heavy atom. The molecule has 0 unspecified atom stereocenters. The zero-order valence-corrected chi connectivity index (χ0v) is 11.0. The SMILES string of the molecule is Cc1c(-c2cc(CCl)cc3c2OCO3)cnn1C. The fourth-order valence-corrected chi connectivity index (χ4v) is 2.26. The molecule has 1 aromatic carbocycles. The van der Waals surface area contributed by atoms with Crippen LogP contribution < -0.4 is 9.47 Å². The van der Waals surface area contributed by atoms with Gasteiger partial charge in [0.05, 0.1) is 6.20 Å². The van der Waals surface area contributed by atoms with E-state index < -0.39 is 0 Å². The van der Waals surface area contributed by atoms with E-state index in [2.05, 4.69) is 5.10 Å². The van der Waals surface area contributed by atoms with Gasteiger partial charge >= 0.3 is 0 Å². The summed E-state index contributed by atoms with van der Waals surface area (Å²) in [6.07, 6.45) is 1.84.